The number of tetrazole rings is 1. The Morgan fingerprint density at radius 2 is 1.77 bits per heavy atom. The maximum absolute atomic E-state index is 4.27. The Hall–Kier alpha value is -4.20. The van der Waals surface area contributed by atoms with E-state index >= 15 is 0 Å². The molecule has 5 aromatic rings. The molecule has 0 spiro atoms. The topological polar surface area (TPSA) is 107 Å². The highest BCUT2D eigenvalue weighted by Gasteiger charge is 2.06. The summed E-state index contributed by atoms with van der Waals surface area (Å²) in [6.45, 7) is 0.868. The van der Waals surface area contributed by atoms with E-state index in [9.17, 15) is 0 Å². The summed E-state index contributed by atoms with van der Waals surface area (Å²) < 4.78 is 0. The Kier molecular flexibility index (Phi) is 4.79. The predicted molar refractivity (Wildman–Crippen MR) is 118 cm³/mol. The minimum Gasteiger partial charge on any atom is -0.385 e. The van der Waals surface area contributed by atoms with Crippen LogP contribution in [0.4, 0.5) is 17.1 Å². The molecule has 30 heavy (non-hydrogen) atoms. The molecule has 5 rings (SSSR count). The SMILES string of the molecule is c1ccc2c(CCNc3ccc(Nc4ccnc(-c5nn[nH]n5)c4)cc3)c[nH]c2c1. The molecule has 2 aromatic carbocycles. The number of nitrogens with one attached hydrogen (secondary N) is 4. The van der Waals surface area contributed by atoms with E-state index in [1.807, 2.05) is 24.3 Å². The fraction of sp³-hybridized carbons (Fsp3) is 0.0909. The minimum atomic E-state index is 0.466. The third-order valence-electron chi connectivity index (χ3n) is 4.91. The first-order valence-electron chi connectivity index (χ1n) is 9.71. The molecule has 0 aliphatic rings. The molecule has 8 heteroatoms. The van der Waals surface area contributed by atoms with Crippen LogP contribution in [-0.4, -0.2) is 37.1 Å². The average molecular weight is 396 g/mol. The zero-order valence-electron chi connectivity index (χ0n) is 16.1. The van der Waals surface area contributed by atoms with Crippen LogP contribution in [0.3, 0.4) is 0 Å². The lowest BCUT2D eigenvalue weighted by molar-refractivity contribution is 0.881. The molecule has 0 atom stereocenters. The fourth-order valence-corrected chi connectivity index (χ4v) is 3.42. The van der Waals surface area contributed by atoms with Gasteiger partial charge < -0.3 is 15.6 Å². The number of fused-ring (bicyclic) bond motifs is 1. The van der Waals surface area contributed by atoms with Gasteiger partial charge in [0.15, 0.2) is 0 Å². The van der Waals surface area contributed by atoms with Crippen LogP contribution in [0.15, 0.2) is 73.1 Å². The second-order valence-electron chi connectivity index (χ2n) is 6.90. The van der Waals surface area contributed by atoms with Crippen molar-refractivity contribution in [2.45, 2.75) is 6.42 Å². The van der Waals surface area contributed by atoms with Gasteiger partial charge in [0, 0.05) is 46.9 Å². The van der Waals surface area contributed by atoms with Gasteiger partial charge in [0.2, 0.25) is 5.82 Å². The van der Waals surface area contributed by atoms with Crippen LogP contribution in [0.2, 0.25) is 0 Å². The molecular weight excluding hydrogens is 376 g/mol. The van der Waals surface area contributed by atoms with E-state index in [0.717, 1.165) is 30.0 Å². The van der Waals surface area contributed by atoms with Crippen molar-refractivity contribution in [2.75, 3.05) is 17.2 Å². The van der Waals surface area contributed by atoms with Crippen molar-refractivity contribution in [3.63, 3.8) is 0 Å². The number of anilines is 3. The molecule has 0 saturated carbocycles. The molecule has 0 saturated heterocycles. The van der Waals surface area contributed by atoms with Crippen molar-refractivity contribution in [3.05, 3.63) is 78.6 Å². The first-order chi connectivity index (χ1) is 14.8. The molecule has 0 radical (unpaired) electrons. The Morgan fingerprint density at radius 3 is 2.63 bits per heavy atom. The number of H-pyrrole nitrogens is 2. The van der Waals surface area contributed by atoms with Crippen LogP contribution in [0.5, 0.6) is 0 Å². The van der Waals surface area contributed by atoms with E-state index in [-0.39, 0.29) is 0 Å². The van der Waals surface area contributed by atoms with Gasteiger partial charge in [-0.3, -0.25) is 4.98 Å². The highest BCUT2D eigenvalue weighted by molar-refractivity contribution is 5.83. The number of nitrogens with zero attached hydrogens (tertiary/aromatic N) is 4. The first kappa shape index (κ1) is 17.9. The highest BCUT2D eigenvalue weighted by Crippen LogP contribution is 2.22. The van der Waals surface area contributed by atoms with Gasteiger partial charge in [0.05, 0.1) is 0 Å². The molecular formula is C22H20N8. The minimum absolute atomic E-state index is 0.466. The van der Waals surface area contributed by atoms with E-state index in [2.05, 4.69) is 83.8 Å². The van der Waals surface area contributed by atoms with Crippen molar-refractivity contribution in [2.24, 2.45) is 0 Å². The summed E-state index contributed by atoms with van der Waals surface area (Å²) in [6, 6.07) is 20.4. The quantitative estimate of drug-likeness (QED) is 0.329. The molecule has 0 bridgehead atoms. The molecule has 0 fully saturated rings. The standard InChI is InChI=1S/C22H20N8/c1-2-4-20-19(3-1)15(14-25-20)9-11-23-16-5-7-17(8-6-16)26-18-10-12-24-21(13-18)22-27-29-30-28-22/h1-8,10,12-14,23,25H,9,11H2,(H,24,26)(H,27,28,29,30). The number of para-hydroxylation sites is 1. The molecule has 148 valence electrons. The molecule has 0 amide bonds. The van der Waals surface area contributed by atoms with Crippen molar-refractivity contribution in [3.8, 4) is 11.5 Å². The molecule has 0 aliphatic carbocycles. The van der Waals surface area contributed by atoms with Gasteiger partial charge in [-0.2, -0.15) is 5.21 Å². The molecule has 3 aromatic heterocycles. The van der Waals surface area contributed by atoms with Gasteiger partial charge in [-0.25, -0.2) is 0 Å². The lowest BCUT2D eigenvalue weighted by atomic mass is 10.1. The summed E-state index contributed by atoms with van der Waals surface area (Å²) in [5.74, 6) is 0.466. The zero-order valence-corrected chi connectivity index (χ0v) is 16.1. The van der Waals surface area contributed by atoms with Gasteiger partial charge in [-0.1, -0.05) is 18.2 Å². The third-order valence-corrected chi connectivity index (χ3v) is 4.91. The number of hydrogen-bond donors (Lipinski definition) is 4. The summed E-state index contributed by atoms with van der Waals surface area (Å²) in [7, 11) is 0. The zero-order chi connectivity index (χ0) is 20.2. The summed E-state index contributed by atoms with van der Waals surface area (Å²) in [6.07, 6.45) is 4.77. The summed E-state index contributed by atoms with van der Waals surface area (Å²) >= 11 is 0. The van der Waals surface area contributed by atoms with Crippen LogP contribution in [0.1, 0.15) is 5.56 Å². The number of benzene rings is 2. The maximum Gasteiger partial charge on any atom is 0.223 e. The largest absolute Gasteiger partial charge is 0.385 e. The van der Waals surface area contributed by atoms with E-state index in [1.54, 1.807) is 6.20 Å². The summed E-state index contributed by atoms with van der Waals surface area (Å²) in [5.41, 5.74) is 6.15. The lowest BCUT2D eigenvalue weighted by Gasteiger charge is -2.10. The molecule has 8 nitrogen and oxygen atoms in total. The summed E-state index contributed by atoms with van der Waals surface area (Å²) in [5, 5.41) is 22.1. The van der Waals surface area contributed by atoms with E-state index < -0.39 is 0 Å². The molecule has 0 unspecified atom stereocenters. The number of pyridine rings is 1. The third kappa shape index (κ3) is 3.83. The number of hydrogen-bond acceptors (Lipinski definition) is 6. The van der Waals surface area contributed by atoms with E-state index in [0.29, 0.717) is 11.5 Å². The lowest BCUT2D eigenvalue weighted by Crippen LogP contribution is -2.04. The van der Waals surface area contributed by atoms with Crippen LogP contribution in [0.25, 0.3) is 22.4 Å². The smallest absolute Gasteiger partial charge is 0.223 e. The second kappa shape index (κ2) is 8.04. The van der Waals surface area contributed by atoms with Gasteiger partial charge in [-0.05, 0) is 59.7 Å². The Labute approximate surface area is 172 Å². The molecule has 0 aliphatic heterocycles. The monoisotopic (exact) mass is 396 g/mol. The van der Waals surface area contributed by atoms with Crippen LogP contribution in [-0.2, 0) is 6.42 Å². The normalized spacial score (nSPS) is 10.9. The van der Waals surface area contributed by atoms with Gasteiger partial charge in [-0.15, -0.1) is 10.2 Å². The van der Waals surface area contributed by atoms with Gasteiger partial charge >= 0.3 is 0 Å². The number of rotatable bonds is 7. The second-order valence-corrected chi connectivity index (χ2v) is 6.90. The Morgan fingerprint density at radius 1 is 0.900 bits per heavy atom. The van der Waals surface area contributed by atoms with Crippen LogP contribution >= 0.6 is 0 Å². The predicted octanol–water partition coefficient (Wildman–Crippen LogP) is 4.14. The fourth-order valence-electron chi connectivity index (χ4n) is 3.42. The molecule has 4 N–H and O–H groups in total. The average Bonchev–Trinajstić information content (AvgIpc) is 3.46. The Balaban J connectivity index is 1.19. The highest BCUT2D eigenvalue weighted by atomic mass is 15.5. The number of aromatic nitrogens is 6. The Bertz CT molecular complexity index is 1240. The van der Waals surface area contributed by atoms with Crippen molar-refractivity contribution in [1.82, 2.24) is 30.6 Å². The van der Waals surface area contributed by atoms with Crippen LogP contribution < -0.4 is 10.6 Å². The first-order valence-corrected chi connectivity index (χ1v) is 9.71. The van der Waals surface area contributed by atoms with E-state index in [1.165, 1.54) is 16.5 Å². The number of aromatic amines is 2. The maximum atomic E-state index is 4.27. The summed E-state index contributed by atoms with van der Waals surface area (Å²) in [4.78, 5) is 7.60. The van der Waals surface area contributed by atoms with Crippen molar-refractivity contribution < 1.29 is 0 Å². The van der Waals surface area contributed by atoms with Crippen molar-refractivity contribution in [1.29, 1.82) is 0 Å². The van der Waals surface area contributed by atoms with Gasteiger partial charge in [0.25, 0.3) is 0 Å². The van der Waals surface area contributed by atoms with Crippen molar-refractivity contribution >= 4 is 28.0 Å². The van der Waals surface area contributed by atoms with Gasteiger partial charge in [0.1, 0.15) is 5.69 Å². The molecule has 3 heterocycles. The van der Waals surface area contributed by atoms with E-state index in [4.69, 9.17) is 0 Å². The van der Waals surface area contributed by atoms with Crippen LogP contribution in [0, 0.1) is 0 Å².